The van der Waals surface area contributed by atoms with Gasteiger partial charge >= 0.3 is 0 Å². The molecule has 5 heteroatoms. The monoisotopic (exact) mass is 254 g/mol. The third-order valence-electron chi connectivity index (χ3n) is 2.48. The highest BCUT2D eigenvalue weighted by Gasteiger charge is 2.17. The summed E-state index contributed by atoms with van der Waals surface area (Å²) >= 11 is 0. The number of hydrogen-bond donors (Lipinski definition) is 2. The van der Waals surface area contributed by atoms with Gasteiger partial charge < -0.3 is 5.73 Å². The van der Waals surface area contributed by atoms with Gasteiger partial charge in [0.25, 0.3) is 0 Å². The van der Waals surface area contributed by atoms with Crippen molar-refractivity contribution in [2.75, 3.05) is 12.3 Å². The number of nitrogen functional groups attached to an aromatic ring is 1. The Kier molecular flexibility index (Phi) is 3.95. The van der Waals surface area contributed by atoms with E-state index in [1.807, 2.05) is 13.8 Å². The van der Waals surface area contributed by atoms with Crippen molar-refractivity contribution in [3.05, 3.63) is 35.4 Å². The summed E-state index contributed by atoms with van der Waals surface area (Å²) < 4.78 is 26.4. The molecule has 3 N–H and O–H groups in total. The van der Waals surface area contributed by atoms with E-state index in [0.717, 1.165) is 16.7 Å². The van der Waals surface area contributed by atoms with Crippen molar-refractivity contribution < 1.29 is 8.42 Å². The molecule has 1 aromatic carbocycles. The summed E-state index contributed by atoms with van der Waals surface area (Å²) in [7, 11) is -3.56. The first kappa shape index (κ1) is 13.7. The minimum atomic E-state index is -3.56. The molecule has 4 nitrogen and oxygen atoms in total. The minimum absolute atomic E-state index is 0.127. The van der Waals surface area contributed by atoms with Gasteiger partial charge in [0.15, 0.2) is 0 Å². The summed E-state index contributed by atoms with van der Waals surface area (Å²) in [5, 5.41) is 0. The maximum Gasteiger partial charge on any atom is 0.242 e. The number of nitrogens with one attached hydrogen (secondary N) is 1. The minimum Gasteiger partial charge on any atom is -0.398 e. The van der Waals surface area contributed by atoms with E-state index >= 15 is 0 Å². The molecular weight excluding hydrogens is 236 g/mol. The second kappa shape index (κ2) is 4.89. The Morgan fingerprint density at radius 3 is 2.41 bits per heavy atom. The van der Waals surface area contributed by atoms with Gasteiger partial charge in [-0.2, -0.15) is 0 Å². The van der Waals surface area contributed by atoms with E-state index in [0.29, 0.717) is 0 Å². The normalized spacial score (nSPS) is 11.5. The fourth-order valence-corrected chi connectivity index (χ4v) is 2.63. The van der Waals surface area contributed by atoms with Crippen molar-refractivity contribution in [3.63, 3.8) is 0 Å². The molecule has 0 saturated heterocycles. The highest BCUT2D eigenvalue weighted by atomic mass is 32.2. The summed E-state index contributed by atoms with van der Waals surface area (Å²) in [4.78, 5) is 0.127. The van der Waals surface area contributed by atoms with Crippen LogP contribution in [-0.4, -0.2) is 15.0 Å². The Hall–Kier alpha value is -1.33. The molecule has 0 unspecified atom stereocenters. The van der Waals surface area contributed by atoms with Crippen LogP contribution in [0.15, 0.2) is 29.2 Å². The number of rotatable bonds is 4. The van der Waals surface area contributed by atoms with Crippen molar-refractivity contribution in [1.29, 1.82) is 0 Å². The lowest BCUT2D eigenvalue weighted by Gasteiger charge is -2.11. The first-order chi connectivity index (χ1) is 7.74. The van der Waals surface area contributed by atoms with Gasteiger partial charge in [-0.3, -0.25) is 0 Å². The third kappa shape index (κ3) is 3.31. The van der Waals surface area contributed by atoms with Gasteiger partial charge in [-0.25, -0.2) is 13.1 Å². The lowest BCUT2D eigenvalue weighted by molar-refractivity contribution is 0.585. The number of nitrogens with two attached hydrogens (primary N) is 1. The average molecular weight is 254 g/mol. The largest absolute Gasteiger partial charge is 0.398 e. The fraction of sp³-hybridized carbons (Fsp3) is 0.333. The zero-order chi connectivity index (χ0) is 13.2. The molecule has 1 aromatic rings. The first-order valence-electron chi connectivity index (χ1n) is 5.25. The molecular formula is C12H18N2O2S. The molecule has 0 aliphatic heterocycles. The smallest absolute Gasteiger partial charge is 0.242 e. The van der Waals surface area contributed by atoms with Crippen LogP contribution >= 0.6 is 0 Å². The van der Waals surface area contributed by atoms with E-state index in [4.69, 9.17) is 5.73 Å². The molecule has 17 heavy (non-hydrogen) atoms. The number of sulfonamides is 1. The Bertz CT molecular complexity index is 548. The SMILES string of the molecule is C=C(C)CNS(=O)(=O)c1cc(C)c(C)cc1N. The van der Waals surface area contributed by atoms with Crippen LogP contribution in [0.25, 0.3) is 0 Å². The van der Waals surface area contributed by atoms with Gasteiger partial charge in [0, 0.05) is 6.54 Å². The Labute approximate surface area is 103 Å². The lowest BCUT2D eigenvalue weighted by atomic mass is 10.1. The van der Waals surface area contributed by atoms with E-state index in [1.54, 1.807) is 19.1 Å². The number of anilines is 1. The molecule has 0 radical (unpaired) electrons. The van der Waals surface area contributed by atoms with Gasteiger partial charge in [0.1, 0.15) is 4.90 Å². The molecule has 0 heterocycles. The number of aryl methyl sites for hydroxylation is 2. The van der Waals surface area contributed by atoms with E-state index in [2.05, 4.69) is 11.3 Å². The van der Waals surface area contributed by atoms with Crippen LogP contribution in [0.4, 0.5) is 5.69 Å². The van der Waals surface area contributed by atoms with E-state index in [-0.39, 0.29) is 17.1 Å². The van der Waals surface area contributed by atoms with Crippen LogP contribution in [0, 0.1) is 13.8 Å². The fourth-order valence-electron chi connectivity index (χ4n) is 1.34. The highest BCUT2D eigenvalue weighted by Crippen LogP contribution is 2.22. The van der Waals surface area contributed by atoms with Gasteiger partial charge in [-0.15, -0.1) is 0 Å². The van der Waals surface area contributed by atoms with Gasteiger partial charge in [0.05, 0.1) is 5.69 Å². The summed E-state index contributed by atoms with van der Waals surface area (Å²) in [6.07, 6.45) is 0. The van der Waals surface area contributed by atoms with Crippen molar-refractivity contribution in [3.8, 4) is 0 Å². The summed E-state index contributed by atoms with van der Waals surface area (Å²) in [6, 6.07) is 3.26. The summed E-state index contributed by atoms with van der Waals surface area (Å²) in [5.74, 6) is 0. The predicted octanol–water partition coefficient (Wildman–Crippen LogP) is 1.74. The molecule has 0 amide bonds. The van der Waals surface area contributed by atoms with E-state index < -0.39 is 10.0 Å². The molecule has 0 bridgehead atoms. The Morgan fingerprint density at radius 1 is 1.35 bits per heavy atom. The molecule has 0 aliphatic carbocycles. The molecule has 0 atom stereocenters. The summed E-state index contributed by atoms with van der Waals surface area (Å²) in [6.45, 7) is 9.37. The first-order valence-corrected chi connectivity index (χ1v) is 6.73. The molecule has 0 spiro atoms. The van der Waals surface area contributed by atoms with E-state index in [9.17, 15) is 8.42 Å². The van der Waals surface area contributed by atoms with Crippen molar-refractivity contribution in [2.45, 2.75) is 25.7 Å². The van der Waals surface area contributed by atoms with Crippen molar-refractivity contribution >= 4 is 15.7 Å². The van der Waals surface area contributed by atoms with Gasteiger partial charge in [-0.1, -0.05) is 12.2 Å². The Morgan fingerprint density at radius 2 is 1.88 bits per heavy atom. The molecule has 0 fully saturated rings. The molecule has 0 aromatic heterocycles. The van der Waals surface area contributed by atoms with Crippen molar-refractivity contribution in [1.82, 2.24) is 4.72 Å². The second-order valence-electron chi connectivity index (χ2n) is 4.26. The third-order valence-corrected chi connectivity index (χ3v) is 3.94. The van der Waals surface area contributed by atoms with Crippen LogP contribution < -0.4 is 10.5 Å². The standard InChI is InChI=1S/C12H18N2O2S/c1-8(2)7-14-17(15,16)12-6-10(4)9(3)5-11(12)13/h5-6,14H,1,7,13H2,2-4H3. The quantitative estimate of drug-likeness (QED) is 0.635. The van der Waals surface area contributed by atoms with Gasteiger partial charge in [0.2, 0.25) is 10.0 Å². The molecule has 94 valence electrons. The molecule has 0 saturated carbocycles. The maximum absolute atomic E-state index is 12.0. The zero-order valence-electron chi connectivity index (χ0n) is 10.4. The lowest BCUT2D eigenvalue weighted by Crippen LogP contribution is -2.26. The van der Waals surface area contributed by atoms with Gasteiger partial charge in [-0.05, 0) is 44.0 Å². The van der Waals surface area contributed by atoms with Crippen molar-refractivity contribution in [2.24, 2.45) is 0 Å². The van der Waals surface area contributed by atoms with E-state index in [1.165, 1.54) is 0 Å². The number of benzene rings is 1. The zero-order valence-corrected chi connectivity index (χ0v) is 11.2. The van der Waals surface area contributed by atoms with Crippen LogP contribution in [0.3, 0.4) is 0 Å². The number of hydrogen-bond acceptors (Lipinski definition) is 3. The van der Waals surface area contributed by atoms with Crippen LogP contribution in [-0.2, 0) is 10.0 Å². The van der Waals surface area contributed by atoms with Crippen LogP contribution in [0.5, 0.6) is 0 Å². The topological polar surface area (TPSA) is 72.2 Å². The molecule has 1 rings (SSSR count). The van der Waals surface area contributed by atoms with Crippen LogP contribution in [0.1, 0.15) is 18.1 Å². The average Bonchev–Trinajstić information content (AvgIpc) is 2.20. The summed E-state index contributed by atoms with van der Waals surface area (Å²) in [5.41, 5.74) is 8.63. The maximum atomic E-state index is 12.0. The molecule has 0 aliphatic rings. The predicted molar refractivity (Wildman–Crippen MR) is 70.3 cm³/mol. The second-order valence-corrected chi connectivity index (χ2v) is 5.99. The Balaban J connectivity index is 3.15. The van der Waals surface area contributed by atoms with Crippen LogP contribution in [0.2, 0.25) is 0 Å². The highest BCUT2D eigenvalue weighted by molar-refractivity contribution is 7.89.